The van der Waals surface area contributed by atoms with Crippen LogP contribution < -0.4 is 10.6 Å². The molecule has 0 heterocycles. The molecule has 0 aromatic heterocycles. The summed E-state index contributed by atoms with van der Waals surface area (Å²) in [6.45, 7) is 14.2. The van der Waals surface area contributed by atoms with E-state index >= 15 is 0 Å². The minimum Gasteiger partial charge on any atom is -0.481 e. The van der Waals surface area contributed by atoms with Crippen molar-refractivity contribution in [3.8, 4) is 0 Å². The molecule has 1 aromatic carbocycles. The Hall–Kier alpha value is -2.22. The highest BCUT2D eigenvalue weighted by atomic mass is 16.4. The zero-order valence-corrected chi connectivity index (χ0v) is 26.1. The molecular formula is C34H54N2O5. The van der Waals surface area contributed by atoms with Crippen molar-refractivity contribution in [1.82, 2.24) is 10.6 Å². The maximum absolute atomic E-state index is 11.8. The van der Waals surface area contributed by atoms with Crippen molar-refractivity contribution in [2.75, 3.05) is 6.54 Å². The van der Waals surface area contributed by atoms with E-state index in [0.29, 0.717) is 30.8 Å². The van der Waals surface area contributed by atoms with E-state index in [1.54, 1.807) is 0 Å². The van der Waals surface area contributed by atoms with Gasteiger partial charge in [0.05, 0.1) is 17.6 Å². The van der Waals surface area contributed by atoms with Crippen molar-refractivity contribution in [2.24, 2.45) is 22.7 Å². The average Bonchev–Trinajstić information content (AvgIpc) is 2.85. The van der Waals surface area contributed by atoms with Crippen LogP contribution in [0.4, 0.5) is 0 Å². The second-order valence-electron chi connectivity index (χ2n) is 14.3. The smallest absolute Gasteiger partial charge is 0.303 e. The van der Waals surface area contributed by atoms with Crippen LogP contribution in [0.25, 0.3) is 6.08 Å². The highest BCUT2D eigenvalue weighted by molar-refractivity contribution is 5.80. The van der Waals surface area contributed by atoms with E-state index in [-0.39, 0.29) is 36.1 Å². The highest BCUT2D eigenvalue weighted by Gasteiger charge is 2.57. The fraction of sp³-hybridized carbons (Fsp3) is 0.706. The molecule has 1 amide bonds. The molecule has 2 aliphatic carbocycles. The number of carbonyl (C=O) groups is 2. The first-order valence-corrected chi connectivity index (χ1v) is 15.5. The molecule has 230 valence electrons. The molecule has 2 aliphatic rings. The summed E-state index contributed by atoms with van der Waals surface area (Å²) in [4.78, 5) is 22.4. The van der Waals surface area contributed by atoms with Crippen molar-refractivity contribution in [1.29, 1.82) is 0 Å². The number of carboxylic acids is 1. The first-order chi connectivity index (χ1) is 19.0. The Balaban J connectivity index is 1.50. The van der Waals surface area contributed by atoms with Crippen LogP contribution in [0.5, 0.6) is 0 Å². The number of hydrogen-bond donors (Lipinski definition) is 5. The number of aliphatic hydroxyl groups is 2. The molecule has 0 bridgehead atoms. The minimum absolute atomic E-state index is 0.0128. The van der Waals surface area contributed by atoms with E-state index in [0.717, 1.165) is 36.8 Å². The van der Waals surface area contributed by atoms with Crippen LogP contribution in [0.2, 0.25) is 0 Å². The first-order valence-electron chi connectivity index (χ1n) is 15.5. The number of carbonyl (C=O) groups excluding carboxylic acids is 1. The fourth-order valence-electron chi connectivity index (χ4n) is 7.86. The summed E-state index contributed by atoms with van der Waals surface area (Å²) in [7, 11) is 0. The SMILES string of the molecule is CC(CNCc1ccc(/C=C/[C@](C)(O)CC[C@@H]2[C@@]3(C)CCCC(C)(C)[C@@H]3CC[C@@]2(C)O)cc1)NC(=O)CCC(=O)O. The van der Waals surface area contributed by atoms with E-state index in [1.807, 2.05) is 57.2 Å². The number of amides is 1. The van der Waals surface area contributed by atoms with Gasteiger partial charge in [0.25, 0.3) is 0 Å². The first kappa shape index (κ1) is 33.3. The van der Waals surface area contributed by atoms with Gasteiger partial charge in [0.1, 0.15) is 0 Å². The maximum atomic E-state index is 11.8. The summed E-state index contributed by atoms with van der Waals surface area (Å²) in [6, 6.07) is 8.05. The Morgan fingerprint density at radius 1 is 1.10 bits per heavy atom. The summed E-state index contributed by atoms with van der Waals surface area (Å²) in [5.74, 6) is -0.458. The van der Waals surface area contributed by atoms with Gasteiger partial charge < -0.3 is 26.0 Å². The normalized spacial score (nSPS) is 29.9. The van der Waals surface area contributed by atoms with Crippen LogP contribution in [0.3, 0.4) is 0 Å². The lowest BCUT2D eigenvalue weighted by molar-refractivity contribution is -0.171. The van der Waals surface area contributed by atoms with Crippen LogP contribution in [-0.4, -0.2) is 51.0 Å². The number of rotatable bonds is 13. The van der Waals surface area contributed by atoms with E-state index in [2.05, 4.69) is 31.4 Å². The number of aliphatic carboxylic acids is 1. The van der Waals surface area contributed by atoms with Crippen molar-refractivity contribution in [2.45, 2.75) is 123 Å². The van der Waals surface area contributed by atoms with E-state index in [9.17, 15) is 19.8 Å². The van der Waals surface area contributed by atoms with E-state index < -0.39 is 17.2 Å². The van der Waals surface area contributed by atoms with Gasteiger partial charge in [0.2, 0.25) is 5.91 Å². The number of hydrogen-bond acceptors (Lipinski definition) is 5. The number of nitrogens with one attached hydrogen (secondary N) is 2. The summed E-state index contributed by atoms with van der Waals surface area (Å²) < 4.78 is 0. The Kier molecular flexibility index (Phi) is 10.9. The monoisotopic (exact) mass is 570 g/mol. The molecule has 1 aromatic rings. The lowest BCUT2D eigenvalue weighted by Gasteiger charge is -2.61. The van der Waals surface area contributed by atoms with Gasteiger partial charge in [0.15, 0.2) is 0 Å². The second-order valence-corrected chi connectivity index (χ2v) is 14.3. The van der Waals surface area contributed by atoms with Crippen LogP contribution in [0.15, 0.2) is 30.3 Å². The van der Waals surface area contributed by atoms with Gasteiger partial charge in [-0.15, -0.1) is 0 Å². The molecule has 0 saturated heterocycles. The van der Waals surface area contributed by atoms with Crippen LogP contribution >= 0.6 is 0 Å². The maximum Gasteiger partial charge on any atom is 0.303 e. The second kappa shape index (κ2) is 13.4. The molecule has 41 heavy (non-hydrogen) atoms. The number of carboxylic acid groups (broad SMARTS) is 1. The lowest BCUT2D eigenvalue weighted by Crippen LogP contribution is -2.57. The zero-order valence-electron chi connectivity index (χ0n) is 26.1. The van der Waals surface area contributed by atoms with Crippen LogP contribution in [0, 0.1) is 22.7 Å². The Labute approximate surface area is 247 Å². The van der Waals surface area contributed by atoms with Crippen molar-refractivity contribution in [3.63, 3.8) is 0 Å². The molecule has 0 spiro atoms. The quantitative estimate of drug-likeness (QED) is 0.208. The molecule has 0 aliphatic heterocycles. The summed E-state index contributed by atoms with van der Waals surface area (Å²) in [6.07, 6.45) is 10.6. The van der Waals surface area contributed by atoms with Gasteiger partial charge in [-0.05, 0) is 93.1 Å². The zero-order chi connectivity index (χ0) is 30.5. The molecule has 2 saturated carbocycles. The Bertz CT molecular complexity index is 1060. The molecule has 2 fully saturated rings. The third-order valence-electron chi connectivity index (χ3n) is 10.1. The third-order valence-corrected chi connectivity index (χ3v) is 10.1. The van der Waals surface area contributed by atoms with Gasteiger partial charge in [-0.1, -0.05) is 63.6 Å². The third kappa shape index (κ3) is 9.13. The lowest BCUT2D eigenvalue weighted by atomic mass is 9.45. The average molecular weight is 571 g/mol. The molecule has 0 radical (unpaired) electrons. The van der Waals surface area contributed by atoms with E-state index in [1.165, 1.54) is 12.8 Å². The molecular weight excluding hydrogens is 516 g/mol. The Morgan fingerprint density at radius 2 is 1.78 bits per heavy atom. The predicted octanol–water partition coefficient (Wildman–Crippen LogP) is 5.68. The standard InChI is InChI=1S/C34H54N2O5/c1-24(36-29(37)12-13-30(38)39)22-35-23-26-10-8-25(9-11-26)14-19-32(4,40)20-15-28-33(5)18-7-17-31(2,3)27(33)16-21-34(28,6)41/h8-11,14,19,24,27-28,35,40-41H,7,12-13,15-18,20-23H2,1-6H3,(H,36,37)(H,38,39)/b19-14+/t24?,27-,28+,32-,33-,34+/m0/s1. The predicted molar refractivity (Wildman–Crippen MR) is 164 cm³/mol. The van der Waals surface area contributed by atoms with Gasteiger partial charge in [-0.3, -0.25) is 9.59 Å². The fourth-order valence-corrected chi connectivity index (χ4v) is 7.86. The summed E-state index contributed by atoms with van der Waals surface area (Å²) in [5.41, 5.74) is 0.844. The topological polar surface area (TPSA) is 119 Å². The molecule has 1 unspecified atom stereocenters. The highest BCUT2D eigenvalue weighted by Crippen LogP contribution is 2.63. The van der Waals surface area contributed by atoms with E-state index in [4.69, 9.17) is 5.11 Å². The van der Waals surface area contributed by atoms with Gasteiger partial charge in [-0.25, -0.2) is 0 Å². The number of fused-ring (bicyclic) bond motifs is 1. The van der Waals surface area contributed by atoms with Crippen molar-refractivity contribution >= 4 is 18.0 Å². The van der Waals surface area contributed by atoms with Crippen molar-refractivity contribution < 1.29 is 24.9 Å². The van der Waals surface area contributed by atoms with Crippen molar-refractivity contribution in [3.05, 3.63) is 41.5 Å². The van der Waals surface area contributed by atoms with Crippen LogP contribution in [-0.2, 0) is 16.1 Å². The van der Waals surface area contributed by atoms with Gasteiger partial charge in [-0.2, -0.15) is 0 Å². The molecule has 7 heteroatoms. The van der Waals surface area contributed by atoms with Gasteiger partial charge >= 0.3 is 5.97 Å². The summed E-state index contributed by atoms with van der Waals surface area (Å²) >= 11 is 0. The molecule has 6 atom stereocenters. The van der Waals surface area contributed by atoms with Crippen LogP contribution in [0.1, 0.15) is 110 Å². The minimum atomic E-state index is -0.975. The molecule has 3 rings (SSSR count). The molecule has 5 N–H and O–H groups in total. The Morgan fingerprint density at radius 3 is 2.44 bits per heavy atom. The number of benzene rings is 1. The largest absolute Gasteiger partial charge is 0.481 e. The molecule has 7 nitrogen and oxygen atoms in total. The van der Waals surface area contributed by atoms with Gasteiger partial charge in [0, 0.05) is 25.6 Å². The summed E-state index contributed by atoms with van der Waals surface area (Å²) in [5, 5.41) is 37.5.